The highest BCUT2D eigenvalue weighted by atomic mass is 35.5. The van der Waals surface area contributed by atoms with Gasteiger partial charge >= 0.3 is 0 Å². The fourth-order valence-electron chi connectivity index (χ4n) is 3.08. The fourth-order valence-corrected chi connectivity index (χ4v) is 4.71. The minimum absolute atomic E-state index is 0.120. The van der Waals surface area contributed by atoms with Crippen molar-refractivity contribution < 1.29 is 17.9 Å². The predicted molar refractivity (Wildman–Crippen MR) is 115 cm³/mol. The Morgan fingerprint density at radius 1 is 1.03 bits per heavy atom. The Hall–Kier alpha value is -2.09. The van der Waals surface area contributed by atoms with Gasteiger partial charge in [-0.15, -0.1) is 0 Å². The van der Waals surface area contributed by atoms with Gasteiger partial charge in [0.25, 0.3) is 0 Å². The first-order valence-electron chi connectivity index (χ1n) is 9.20. The van der Waals surface area contributed by atoms with E-state index in [1.54, 1.807) is 0 Å². The summed E-state index contributed by atoms with van der Waals surface area (Å²) in [5, 5.41) is 3.13. The predicted octanol–water partition coefficient (Wildman–Crippen LogP) is 3.82. The van der Waals surface area contributed by atoms with Gasteiger partial charge in [-0.25, -0.2) is 8.42 Å². The van der Waals surface area contributed by atoms with Crippen molar-refractivity contribution in [2.75, 3.05) is 7.11 Å². The van der Waals surface area contributed by atoms with Gasteiger partial charge in [0.2, 0.25) is 15.9 Å². The number of nitrogens with one attached hydrogen (secondary N) is 2. The molecule has 0 saturated carbocycles. The van der Waals surface area contributed by atoms with E-state index in [2.05, 4.69) is 16.1 Å². The molecule has 2 atom stereocenters. The van der Waals surface area contributed by atoms with Gasteiger partial charge in [0, 0.05) is 5.02 Å². The molecule has 0 aliphatic rings. The standard InChI is InChI=1S/C21H27ClN2O4S/c1-12-9-14(3)18(10-13(12)2)15(4)23-21(25)16(5)24-29(26,27)20-11-17(22)7-8-19(20)28-6/h7-11,15-16,24H,1-6H3,(H,23,25)/t15-,16-/m1/s1. The molecule has 0 radical (unpaired) electrons. The highest BCUT2D eigenvalue weighted by Crippen LogP contribution is 2.27. The minimum Gasteiger partial charge on any atom is -0.495 e. The van der Waals surface area contributed by atoms with Crippen LogP contribution in [-0.2, 0) is 14.8 Å². The van der Waals surface area contributed by atoms with Gasteiger partial charge in [-0.2, -0.15) is 4.72 Å². The summed E-state index contributed by atoms with van der Waals surface area (Å²) in [6.45, 7) is 9.40. The fraction of sp³-hybridized carbons (Fsp3) is 0.381. The smallest absolute Gasteiger partial charge is 0.245 e. The molecule has 6 nitrogen and oxygen atoms in total. The second kappa shape index (κ2) is 9.15. The minimum atomic E-state index is -4.01. The number of carbonyl (C=O) groups is 1. The van der Waals surface area contributed by atoms with Crippen molar-refractivity contribution in [1.82, 2.24) is 10.0 Å². The van der Waals surface area contributed by atoms with Crippen molar-refractivity contribution in [1.29, 1.82) is 0 Å². The molecule has 158 valence electrons. The van der Waals surface area contributed by atoms with Crippen molar-refractivity contribution in [3.05, 3.63) is 57.6 Å². The van der Waals surface area contributed by atoms with Crippen LogP contribution < -0.4 is 14.8 Å². The van der Waals surface area contributed by atoms with Crippen molar-refractivity contribution in [2.45, 2.75) is 51.6 Å². The Bertz CT molecular complexity index is 1020. The number of hydrogen-bond donors (Lipinski definition) is 2. The average molecular weight is 439 g/mol. The van der Waals surface area contributed by atoms with E-state index in [-0.39, 0.29) is 21.7 Å². The molecule has 0 aliphatic heterocycles. The molecule has 0 saturated heterocycles. The second-order valence-corrected chi connectivity index (χ2v) is 9.28. The first-order valence-corrected chi connectivity index (χ1v) is 11.1. The van der Waals surface area contributed by atoms with Gasteiger partial charge in [0.1, 0.15) is 10.6 Å². The lowest BCUT2D eigenvalue weighted by Crippen LogP contribution is -2.45. The van der Waals surface area contributed by atoms with E-state index in [9.17, 15) is 13.2 Å². The van der Waals surface area contributed by atoms with Crippen LogP contribution in [-0.4, -0.2) is 27.5 Å². The number of halogens is 1. The third-order valence-electron chi connectivity index (χ3n) is 4.85. The monoisotopic (exact) mass is 438 g/mol. The Kier molecular flexibility index (Phi) is 7.32. The van der Waals surface area contributed by atoms with Gasteiger partial charge in [-0.1, -0.05) is 23.7 Å². The summed E-state index contributed by atoms with van der Waals surface area (Å²) in [5.41, 5.74) is 4.38. The Balaban J connectivity index is 2.16. The molecule has 0 unspecified atom stereocenters. The lowest BCUT2D eigenvalue weighted by Gasteiger charge is -2.21. The van der Waals surface area contributed by atoms with Crippen LogP contribution >= 0.6 is 11.6 Å². The van der Waals surface area contributed by atoms with Crippen LogP contribution in [0, 0.1) is 20.8 Å². The number of aryl methyl sites for hydroxylation is 3. The summed E-state index contributed by atoms with van der Waals surface area (Å²) >= 11 is 5.93. The SMILES string of the molecule is COc1ccc(Cl)cc1S(=O)(=O)N[C@H](C)C(=O)N[C@H](C)c1cc(C)c(C)cc1C. The zero-order valence-corrected chi connectivity index (χ0v) is 19.0. The average Bonchev–Trinajstić information content (AvgIpc) is 2.64. The maximum atomic E-state index is 12.7. The van der Waals surface area contributed by atoms with E-state index in [1.807, 2.05) is 33.8 Å². The molecule has 1 amide bonds. The van der Waals surface area contributed by atoms with Crippen molar-refractivity contribution in [3.8, 4) is 5.75 Å². The van der Waals surface area contributed by atoms with E-state index in [0.717, 1.165) is 16.7 Å². The summed E-state index contributed by atoms with van der Waals surface area (Å²) in [6, 6.07) is 7.14. The summed E-state index contributed by atoms with van der Waals surface area (Å²) in [6.07, 6.45) is 0. The van der Waals surface area contributed by atoms with Gasteiger partial charge < -0.3 is 10.1 Å². The van der Waals surface area contributed by atoms with E-state index in [4.69, 9.17) is 16.3 Å². The van der Waals surface area contributed by atoms with Crippen LogP contribution in [0.1, 0.15) is 42.1 Å². The van der Waals surface area contributed by atoms with Crippen LogP contribution in [0.5, 0.6) is 5.75 Å². The van der Waals surface area contributed by atoms with Crippen LogP contribution in [0.3, 0.4) is 0 Å². The molecule has 0 bridgehead atoms. The van der Waals surface area contributed by atoms with Gasteiger partial charge in [0.15, 0.2) is 0 Å². The molecule has 2 N–H and O–H groups in total. The second-order valence-electron chi connectivity index (χ2n) is 7.16. The molecule has 0 heterocycles. The Labute approximate surface area is 177 Å². The topological polar surface area (TPSA) is 84.5 Å². The third kappa shape index (κ3) is 5.50. The third-order valence-corrected chi connectivity index (χ3v) is 6.65. The molecule has 2 aromatic rings. The molecule has 0 spiro atoms. The van der Waals surface area contributed by atoms with E-state index >= 15 is 0 Å². The highest BCUT2D eigenvalue weighted by Gasteiger charge is 2.26. The molecule has 0 aromatic heterocycles. The van der Waals surface area contributed by atoms with E-state index < -0.39 is 22.0 Å². The Morgan fingerprint density at radius 3 is 2.28 bits per heavy atom. The molecule has 2 aromatic carbocycles. The quantitative estimate of drug-likeness (QED) is 0.688. The van der Waals surface area contributed by atoms with Crippen LogP contribution in [0.15, 0.2) is 35.2 Å². The number of benzene rings is 2. The number of amides is 1. The van der Waals surface area contributed by atoms with E-state index in [0.29, 0.717) is 0 Å². The number of rotatable bonds is 7. The lowest BCUT2D eigenvalue weighted by molar-refractivity contribution is -0.123. The summed E-state index contributed by atoms with van der Waals surface area (Å²) in [7, 11) is -2.64. The van der Waals surface area contributed by atoms with Gasteiger partial charge in [-0.05, 0) is 75.1 Å². The summed E-state index contributed by atoms with van der Waals surface area (Å²) in [4.78, 5) is 12.5. The highest BCUT2D eigenvalue weighted by molar-refractivity contribution is 7.89. The van der Waals surface area contributed by atoms with Gasteiger partial charge in [0.05, 0.1) is 19.2 Å². The molecule has 0 aliphatic carbocycles. The molecule has 2 rings (SSSR count). The maximum Gasteiger partial charge on any atom is 0.245 e. The summed E-state index contributed by atoms with van der Waals surface area (Å²) in [5.74, 6) is -0.284. The normalized spacial score (nSPS) is 13.6. The molecular weight excluding hydrogens is 412 g/mol. The molecule has 29 heavy (non-hydrogen) atoms. The number of methoxy groups -OCH3 is 1. The number of ether oxygens (including phenoxy) is 1. The first kappa shape index (κ1) is 23.2. The zero-order valence-electron chi connectivity index (χ0n) is 17.5. The van der Waals surface area contributed by atoms with Crippen molar-refractivity contribution in [2.24, 2.45) is 0 Å². The van der Waals surface area contributed by atoms with Crippen LogP contribution in [0.25, 0.3) is 0 Å². The summed E-state index contributed by atoms with van der Waals surface area (Å²) < 4.78 is 33.0. The maximum absolute atomic E-state index is 12.7. The molecule has 8 heteroatoms. The zero-order chi connectivity index (χ0) is 21.9. The molecule has 0 fully saturated rings. The van der Waals surface area contributed by atoms with Crippen molar-refractivity contribution >= 4 is 27.5 Å². The van der Waals surface area contributed by atoms with Crippen molar-refractivity contribution in [3.63, 3.8) is 0 Å². The van der Waals surface area contributed by atoms with E-state index in [1.165, 1.54) is 37.8 Å². The largest absolute Gasteiger partial charge is 0.495 e. The number of hydrogen-bond acceptors (Lipinski definition) is 4. The number of carbonyl (C=O) groups excluding carboxylic acids is 1. The van der Waals surface area contributed by atoms with Crippen LogP contribution in [0.4, 0.5) is 0 Å². The van der Waals surface area contributed by atoms with Crippen LogP contribution in [0.2, 0.25) is 5.02 Å². The van der Waals surface area contributed by atoms with Gasteiger partial charge in [-0.3, -0.25) is 4.79 Å². The Morgan fingerprint density at radius 2 is 1.66 bits per heavy atom. The number of sulfonamides is 1. The lowest BCUT2D eigenvalue weighted by atomic mass is 9.96. The molecular formula is C21H27ClN2O4S. The first-order chi connectivity index (χ1) is 13.5.